The highest BCUT2D eigenvalue weighted by molar-refractivity contribution is 5.89. The molecule has 3 aromatic carbocycles. The first kappa shape index (κ1) is 17.5. The lowest BCUT2D eigenvalue weighted by Crippen LogP contribution is -2.19. The molecule has 0 radical (unpaired) electrons. The van der Waals surface area contributed by atoms with Crippen LogP contribution in [0.5, 0.6) is 0 Å². The second-order valence-corrected chi connectivity index (χ2v) is 7.43. The van der Waals surface area contributed by atoms with Crippen LogP contribution in [0.2, 0.25) is 0 Å². The lowest BCUT2D eigenvalue weighted by molar-refractivity contribution is -0.121. The second-order valence-electron chi connectivity index (χ2n) is 7.43. The molecule has 0 amide bonds. The van der Waals surface area contributed by atoms with E-state index in [9.17, 15) is 4.79 Å². The number of hydrogen-bond donors (Lipinski definition) is 0. The van der Waals surface area contributed by atoms with Gasteiger partial charge in [-0.05, 0) is 35.6 Å². The van der Waals surface area contributed by atoms with E-state index in [1.54, 1.807) is 0 Å². The molecular formula is C26H24O. The van der Waals surface area contributed by atoms with Gasteiger partial charge in [-0.3, -0.25) is 4.79 Å². The van der Waals surface area contributed by atoms with Gasteiger partial charge in [-0.25, -0.2) is 0 Å². The maximum atomic E-state index is 13.2. The van der Waals surface area contributed by atoms with Gasteiger partial charge in [0.15, 0.2) is 0 Å². The number of allylic oxidation sites excluding steroid dienone is 2. The minimum Gasteiger partial charge on any atom is -0.299 e. The van der Waals surface area contributed by atoms with Crippen molar-refractivity contribution in [2.24, 2.45) is 5.92 Å². The minimum atomic E-state index is -0.0666. The molecule has 1 heteroatoms. The van der Waals surface area contributed by atoms with Gasteiger partial charge in [0, 0.05) is 18.3 Å². The van der Waals surface area contributed by atoms with Crippen molar-refractivity contribution in [3.8, 4) is 0 Å². The van der Waals surface area contributed by atoms with Crippen LogP contribution in [0.15, 0.2) is 91.0 Å². The molecule has 4 rings (SSSR count). The number of hydrogen-bond acceptors (Lipinski definition) is 1. The minimum absolute atomic E-state index is 0.0666. The summed E-state index contributed by atoms with van der Waals surface area (Å²) in [4.78, 5) is 13.2. The van der Waals surface area contributed by atoms with E-state index >= 15 is 0 Å². The van der Waals surface area contributed by atoms with Gasteiger partial charge in [-0.1, -0.05) is 96.6 Å². The van der Waals surface area contributed by atoms with Crippen LogP contribution in [-0.4, -0.2) is 5.78 Å². The normalized spacial score (nSPS) is 18.9. The highest BCUT2D eigenvalue weighted by Gasteiger charge is 2.34. The van der Waals surface area contributed by atoms with E-state index < -0.39 is 0 Å². The molecule has 0 fully saturated rings. The lowest BCUT2D eigenvalue weighted by atomic mass is 9.83. The summed E-state index contributed by atoms with van der Waals surface area (Å²) >= 11 is 0. The highest BCUT2D eigenvalue weighted by atomic mass is 16.1. The number of Topliss-reactive ketones (excluding diaryl/α,β-unsaturated/α-hetero) is 1. The van der Waals surface area contributed by atoms with Crippen LogP contribution in [-0.2, 0) is 11.2 Å². The van der Waals surface area contributed by atoms with Crippen molar-refractivity contribution in [1.29, 1.82) is 0 Å². The molecule has 0 aromatic heterocycles. The first-order chi connectivity index (χ1) is 13.2. The van der Waals surface area contributed by atoms with Gasteiger partial charge in [0.2, 0.25) is 0 Å². The fraction of sp³-hybridized carbons (Fsp3) is 0.192. The number of carbonyl (C=O) groups is 1. The molecule has 1 aliphatic rings. The van der Waals surface area contributed by atoms with Crippen LogP contribution >= 0.6 is 0 Å². The van der Waals surface area contributed by atoms with Gasteiger partial charge in [0.1, 0.15) is 5.78 Å². The zero-order valence-corrected chi connectivity index (χ0v) is 15.6. The summed E-state index contributed by atoms with van der Waals surface area (Å²) in [7, 11) is 0. The van der Waals surface area contributed by atoms with Gasteiger partial charge in [0.05, 0.1) is 0 Å². The van der Waals surface area contributed by atoms with E-state index in [0.717, 1.165) is 12.0 Å². The van der Waals surface area contributed by atoms with E-state index in [1.165, 1.54) is 22.3 Å². The first-order valence-electron chi connectivity index (χ1n) is 9.60. The summed E-state index contributed by atoms with van der Waals surface area (Å²) in [5, 5.41) is 0. The predicted octanol–water partition coefficient (Wildman–Crippen LogP) is 5.99. The molecule has 0 saturated carbocycles. The molecule has 27 heavy (non-hydrogen) atoms. The Morgan fingerprint density at radius 1 is 0.852 bits per heavy atom. The average molecular weight is 352 g/mol. The Morgan fingerprint density at radius 3 is 2.15 bits per heavy atom. The maximum absolute atomic E-state index is 13.2. The summed E-state index contributed by atoms with van der Waals surface area (Å²) in [5.41, 5.74) is 6.11. The van der Waals surface area contributed by atoms with Crippen molar-refractivity contribution in [3.63, 3.8) is 0 Å². The van der Waals surface area contributed by atoms with E-state index in [4.69, 9.17) is 0 Å². The van der Waals surface area contributed by atoms with Crippen LogP contribution in [0.4, 0.5) is 0 Å². The van der Waals surface area contributed by atoms with Crippen LogP contribution in [0, 0.1) is 12.8 Å². The van der Waals surface area contributed by atoms with Gasteiger partial charge >= 0.3 is 0 Å². The summed E-state index contributed by atoms with van der Waals surface area (Å²) < 4.78 is 0. The third kappa shape index (κ3) is 3.93. The van der Waals surface area contributed by atoms with E-state index in [0.29, 0.717) is 12.2 Å². The van der Waals surface area contributed by atoms with Gasteiger partial charge in [-0.15, -0.1) is 0 Å². The maximum Gasteiger partial charge on any atom is 0.144 e. The van der Waals surface area contributed by atoms with Gasteiger partial charge in [0.25, 0.3) is 0 Å². The number of rotatable bonds is 5. The molecule has 0 heterocycles. The third-order valence-electron chi connectivity index (χ3n) is 5.50. The molecule has 0 N–H and O–H groups in total. The molecular weight excluding hydrogens is 328 g/mol. The topological polar surface area (TPSA) is 17.1 Å². The van der Waals surface area contributed by atoms with Crippen molar-refractivity contribution in [2.75, 3.05) is 0 Å². The molecule has 134 valence electrons. The van der Waals surface area contributed by atoms with Crippen LogP contribution in [0.1, 0.15) is 34.6 Å². The van der Waals surface area contributed by atoms with Gasteiger partial charge < -0.3 is 0 Å². The van der Waals surface area contributed by atoms with E-state index in [2.05, 4.69) is 61.5 Å². The summed E-state index contributed by atoms with van der Waals surface area (Å²) in [6, 6.07) is 29.2. The zero-order valence-electron chi connectivity index (χ0n) is 15.6. The third-order valence-corrected chi connectivity index (χ3v) is 5.50. The number of aryl methyl sites for hydroxylation is 1. The lowest BCUT2D eigenvalue weighted by Gasteiger charge is -2.19. The molecule has 0 spiro atoms. The Bertz CT molecular complexity index is 937. The molecule has 0 aliphatic heterocycles. The largest absolute Gasteiger partial charge is 0.299 e. The Morgan fingerprint density at radius 2 is 1.48 bits per heavy atom. The average Bonchev–Trinajstić information content (AvgIpc) is 3.16. The quantitative estimate of drug-likeness (QED) is 0.551. The standard InChI is InChI=1S/C26H24O/c1-19-12-14-22(15-13-19)24-17-23(21-10-6-3-7-11-21)18-25(24)26(27)16-20-8-4-2-5-9-20/h2-15,18,24-25H,16-17H2,1H3/t24-,25?/m0/s1. The van der Waals surface area contributed by atoms with Crippen LogP contribution in [0.3, 0.4) is 0 Å². The Kier molecular flexibility index (Phi) is 5.02. The molecule has 1 unspecified atom stereocenters. The second kappa shape index (κ2) is 7.75. The molecule has 0 saturated heterocycles. The highest BCUT2D eigenvalue weighted by Crippen LogP contribution is 2.43. The number of benzene rings is 3. The smallest absolute Gasteiger partial charge is 0.144 e. The van der Waals surface area contributed by atoms with Crippen molar-refractivity contribution in [1.82, 2.24) is 0 Å². The Labute approximate surface area is 161 Å². The molecule has 3 aromatic rings. The molecule has 0 bridgehead atoms. The summed E-state index contributed by atoms with van der Waals surface area (Å²) in [5.74, 6) is 0.456. The molecule has 2 atom stereocenters. The van der Waals surface area contributed by atoms with E-state index in [-0.39, 0.29) is 11.8 Å². The first-order valence-corrected chi connectivity index (χ1v) is 9.60. The van der Waals surface area contributed by atoms with Crippen LogP contribution in [0.25, 0.3) is 5.57 Å². The van der Waals surface area contributed by atoms with Crippen molar-refractivity contribution >= 4 is 11.4 Å². The van der Waals surface area contributed by atoms with Crippen LogP contribution < -0.4 is 0 Å². The number of ketones is 1. The molecule has 1 nitrogen and oxygen atoms in total. The summed E-state index contributed by atoms with van der Waals surface area (Å²) in [6.07, 6.45) is 3.62. The van der Waals surface area contributed by atoms with Crippen molar-refractivity contribution < 1.29 is 4.79 Å². The monoisotopic (exact) mass is 352 g/mol. The van der Waals surface area contributed by atoms with Gasteiger partial charge in [-0.2, -0.15) is 0 Å². The SMILES string of the molecule is Cc1ccc([C@@H]2CC(c3ccccc3)=CC2C(=O)Cc2ccccc2)cc1. The predicted molar refractivity (Wildman–Crippen MR) is 112 cm³/mol. The Balaban J connectivity index is 1.65. The van der Waals surface area contributed by atoms with Crippen molar-refractivity contribution in [2.45, 2.75) is 25.7 Å². The fourth-order valence-corrected chi connectivity index (χ4v) is 4.00. The van der Waals surface area contributed by atoms with E-state index in [1.807, 2.05) is 36.4 Å². The zero-order chi connectivity index (χ0) is 18.6. The molecule has 1 aliphatic carbocycles. The number of carbonyl (C=O) groups excluding carboxylic acids is 1. The fourth-order valence-electron chi connectivity index (χ4n) is 4.00. The summed E-state index contributed by atoms with van der Waals surface area (Å²) in [6.45, 7) is 2.10. The van der Waals surface area contributed by atoms with Crippen molar-refractivity contribution in [3.05, 3.63) is 113 Å². The Hall–Kier alpha value is -2.93.